The first-order valence-electron chi connectivity index (χ1n) is 6.93. The van der Waals surface area contributed by atoms with Crippen molar-refractivity contribution < 1.29 is 4.79 Å². The summed E-state index contributed by atoms with van der Waals surface area (Å²) < 4.78 is 0. The molecule has 20 heavy (non-hydrogen) atoms. The Morgan fingerprint density at radius 3 is 2.30 bits per heavy atom. The van der Waals surface area contributed by atoms with Crippen LogP contribution in [0.25, 0.3) is 0 Å². The monoisotopic (exact) mass is 268 g/mol. The number of hydrogen-bond acceptors (Lipinski definition) is 2. The van der Waals surface area contributed by atoms with E-state index in [1.165, 1.54) is 5.56 Å². The van der Waals surface area contributed by atoms with Crippen LogP contribution in [-0.4, -0.2) is 12.5 Å². The zero-order valence-electron chi connectivity index (χ0n) is 11.5. The minimum Gasteiger partial charge on any atom is -0.385 e. The van der Waals surface area contributed by atoms with Crippen LogP contribution in [0.5, 0.6) is 0 Å². The smallest absolute Gasteiger partial charge is 0.248 e. The molecule has 0 saturated heterocycles. The van der Waals surface area contributed by atoms with Crippen LogP contribution < -0.4 is 11.1 Å². The Bertz CT molecular complexity index is 535. The van der Waals surface area contributed by atoms with Crippen molar-refractivity contribution in [3.8, 4) is 0 Å². The highest BCUT2D eigenvalue weighted by atomic mass is 16.1. The fourth-order valence-corrected chi connectivity index (χ4v) is 2.08. The minimum atomic E-state index is -0.389. The molecule has 0 unspecified atom stereocenters. The van der Waals surface area contributed by atoms with E-state index in [1.807, 2.05) is 18.2 Å². The van der Waals surface area contributed by atoms with Gasteiger partial charge in [-0.15, -0.1) is 0 Å². The Morgan fingerprint density at radius 2 is 1.65 bits per heavy atom. The normalized spacial score (nSPS) is 10.2. The molecule has 0 aliphatic heterocycles. The molecule has 3 N–H and O–H groups in total. The van der Waals surface area contributed by atoms with Crippen LogP contribution in [0.1, 0.15) is 28.8 Å². The maximum absolute atomic E-state index is 10.9. The van der Waals surface area contributed by atoms with E-state index in [1.54, 1.807) is 12.1 Å². The summed E-state index contributed by atoms with van der Waals surface area (Å²) >= 11 is 0. The van der Waals surface area contributed by atoms with Crippen LogP contribution in [-0.2, 0) is 6.42 Å². The summed E-state index contributed by atoms with van der Waals surface area (Å²) in [6, 6.07) is 17.8. The zero-order chi connectivity index (χ0) is 14.2. The summed E-state index contributed by atoms with van der Waals surface area (Å²) in [5, 5.41) is 3.34. The lowest BCUT2D eigenvalue weighted by Crippen LogP contribution is -2.10. The number of aryl methyl sites for hydroxylation is 1. The molecule has 0 atom stereocenters. The molecule has 0 bridgehead atoms. The highest BCUT2D eigenvalue weighted by Gasteiger charge is 1.99. The topological polar surface area (TPSA) is 55.1 Å². The highest BCUT2D eigenvalue weighted by molar-refractivity contribution is 5.93. The van der Waals surface area contributed by atoms with Crippen molar-refractivity contribution in [3.63, 3.8) is 0 Å². The molecule has 0 aliphatic carbocycles. The second kappa shape index (κ2) is 7.34. The van der Waals surface area contributed by atoms with Gasteiger partial charge in [0.2, 0.25) is 5.91 Å². The third-order valence-electron chi connectivity index (χ3n) is 3.23. The number of unbranched alkanes of at least 4 members (excludes halogenated alkanes) is 1. The van der Waals surface area contributed by atoms with Crippen molar-refractivity contribution in [1.29, 1.82) is 0 Å². The largest absolute Gasteiger partial charge is 0.385 e. The molecule has 0 radical (unpaired) electrons. The van der Waals surface area contributed by atoms with E-state index >= 15 is 0 Å². The molecule has 0 heterocycles. The van der Waals surface area contributed by atoms with Crippen molar-refractivity contribution in [2.75, 3.05) is 11.9 Å². The third kappa shape index (κ3) is 4.43. The van der Waals surface area contributed by atoms with Crippen LogP contribution >= 0.6 is 0 Å². The number of nitrogens with two attached hydrogens (primary N) is 1. The van der Waals surface area contributed by atoms with Crippen LogP contribution in [0.2, 0.25) is 0 Å². The van der Waals surface area contributed by atoms with Gasteiger partial charge in [-0.2, -0.15) is 0 Å². The molecule has 2 rings (SSSR count). The van der Waals surface area contributed by atoms with Gasteiger partial charge in [0.25, 0.3) is 0 Å². The average molecular weight is 268 g/mol. The first kappa shape index (κ1) is 14.1. The zero-order valence-corrected chi connectivity index (χ0v) is 11.5. The molecule has 2 aromatic carbocycles. The first-order valence-corrected chi connectivity index (χ1v) is 6.93. The molecule has 2 aromatic rings. The predicted molar refractivity (Wildman–Crippen MR) is 82.8 cm³/mol. The van der Waals surface area contributed by atoms with Crippen LogP contribution in [0, 0.1) is 0 Å². The summed E-state index contributed by atoms with van der Waals surface area (Å²) in [4.78, 5) is 10.9. The van der Waals surface area contributed by atoms with Gasteiger partial charge in [0.05, 0.1) is 0 Å². The van der Waals surface area contributed by atoms with E-state index < -0.39 is 0 Å². The van der Waals surface area contributed by atoms with E-state index in [0.717, 1.165) is 31.5 Å². The lowest BCUT2D eigenvalue weighted by atomic mass is 10.1. The van der Waals surface area contributed by atoms with Gasteiger partial charge in [-0.05, 0) is 49.1 Å². The Kier molecular flexibility index (Phi) is 5.18. The lowest BCUT2D eigenvalue weighted by molar-refractivity contribution is 0.100. The van der Waals surface area contributed by atoms with Crippen LogP contribution in [0.3, 0.4) is 0 Å². The van der Waals surface area contributed by atoms with Crippen LogP contribution in [0.15, 0.2) is 54.6 Å². The molecule has 0 aromatic heterocycles. The van der Waals surface area contributed by atoms with Gasteiger partial charge in [-0.1, -0.05) is 30.3 Å². The first-order chi connectivity index (χ1) is 9.75. The SMILES string of the molecule is NC(=O)c1ccc(NCCCCc2ccccc2)cc1. The Labute approximate surface area is 119 Å². The van der Waals surface area contributed by atoms with Gasteiger partial charge in [-0.3, -0.25) is 4.79 Å². The molecule has 0 aliphatic rings. The van der Waals surface area contributed by atoms with Crippen molar-refractivity contribution >= 4 is 11.6 Å². The lowest BCUT2D eigenvalue weighted by Gasteiger charge is -2.07. The van der Waals surface area contributed by atoms with Crippen molar-refractivity contribution in [2.24, 2.45) is 5.73 Å². The fourth-order valence-electron chi connectivity index (χ4n) is 2.08. The van der Waals surface area contributed by atoms with Gasteiger partial charge in [0.1, 0.15) is 0 Å². The number of hydrogen-bond donors (Lipinski definition) is 2. The molecular formula is C17H20N2O. The van der Waals surface area contributed by atoms with Crippen molar-refractivity contribution in [1.82, 2.24) is 0 Å². The molecule has 0 spiro atoms. The van der Waals surface area contributed by atoms with E-state index in [0.29, 0.717) is 5.56 Å². The van der Waals surface area contributed by atoms with E-state index in [4.69, 9.17) is 5.73 Å². The second-order valence-electron chi connectivity index (χ2n) is 4.81. The molecule has 3 heteroatoms. The molecule has 0 saturated carbocycles. The highest BCUT2D eigenvalue weighted by Crippen LogP contribution is 2.10. The standard InChI is InChI=1S/C17H20N2O/c18-17(20)15-9-11-16(12-10-15)19-13-5-4-8-14-6-2-1-3-7-14/h1-3,6-7,9-12,19H,4-5,8,13H2,(H2,18,20). The molecular weight excluding hydrogens is 248 g/mol. The summed E-state index contributed by atoms with van der Waals surface area (Å²) in [6.45, 7) is 0.933. The summed E-state index contributed by atoms with van der Waals surface area (Å²) in [5.41, 5.74) is 8.15. The number of rotatable bonds is 7. The number of anilines is 1. The fraction of sp³-hybridized carbons (Fsp3) is 0.235. The van der Waals surface area contributed by atoms with Gasteiger partial charge in [-0.25, -0.2) is 0 Å². The Morgan fingerprint density at radius 1 is 0.950 bits per heavy atom. The van der Waals surface area contributed by atoms with Gasteiger partial charge < -0.3 is 11.1 Å². The quantitative estimate of drug-likeness (QED) is 0.757. The third-order valence-corrected chi connectivity index (χ3v) is 3.23. The molecule has 3 nitrogen and oxygen atoms in total. The van der Waals surface area contributed by atoms with Gasteiger partial charge in [0.15, 0.2) is 0 Å². The number of carbonyl (C=O) groups is 1. The number of benzene rings is 2. The average Bonchev–Trinajstić information content (AvgIpc) is 2.48. The van der Waals surface area contributed by atoms with E-state index in [9.17, 15) is 4.79 Å². The number of amides is 1. The predicted octanol–water partition coefficient (Wildman–Crippen LogP) is 3.22. The summed E-state index contributed by atoms with van der Waals surface area (Å²) in [5.74, 6) is -0.389. The van der Waals surface area contributed by atoms with E-state index in [2.05, 4.69) is 29.6 Å². The summed E-state index contributed by atoms with van der Waals surface area (Å²) in [6.07, 6.45) is 3.39. The molecule has 1 amide bonds. The maximum atomic E-state index is 10.9. The second-order valence-corrected chi connectivity index (χ2v) is 4.81. The molecule has 0 fully saturated rings. The number of nitrogens with one attached hydrogen (secondary N) is 1. The van der Waals surface area contributed by atoms with Crippen molar-refractivity contribution in [2.45, 2.75) is 19.3 Å². The van der Waals surface area contributed by atoms with Gasteiger partial charge >= 0.3 is 0 Å². The number of carbonyl (C=O) groups excluding carboxylic acids is 1. The Balaban J connectivity index is 1.67. The maximum Gasteiger partial charge on any atom is 0.248 e. The minimum absolute atomic E-state index is 0.389. The summed E-state index contributed by atoms with van der Waals surface area (Å²) in [7, 11) is 0. The van der Waals surface area contributed by atoms with Gasteiger partial charge in [0, 0.05) is 17.8 Å². The van der Waals surface area contributed by atoms with Crippen molar-refractivity contribution in [3.05, 3.63) is 65.7 Å². The Hall–Kier alpha value is -2.29. The molecule has 104 valence electrons. The van der Waals surface area contributed by atoms with E-state index in [-0.39, 0.29) is 5.91 Å². The van der Waals surface area contributed by atoms with Crippen LogP contribution in [0.4, 0.5) is 5.69 Å². The number of primary amides is 1.